The second kappa shape index (κ2) is 9.43. The second-order valence-corrected chi connectivity index (χ2v) is 7.27. The Bertz CT molecular complexity index is 978. The molecule has 0 spiro atoms. The summed E-state index contributed by atoms with van der Waals surface area (Å²) < 4.78 is 16.5. The van der Waals surface area contributed by atoms with Crippen molar-refractivity contribution in [1.82, 2.24) is 15.0 Å². The van der Waals surface area contributed by atoms with Gasteiger partial charge in [0.05, 0.1) is 13.7 Å². The molecule has 3 rings (SSSR count). The number of aryl methyl sites for hydroxylation is 2. The van der Waals surface area contributed by atoms with Crippen LogP contribution in [0.5, 0.6) is 11.5 Å². The highest BCUT2D eigenvalue weighted by molar-refractivity contribution is 5.81. The molecule has 1 heterocycles. The van der Waals surface area contributed by atoms with Crippen LogP contribution >= 0.6 is 0 Å². The first-order valence-corrected chi connectivity index (χ1v) is 9.86. The van der Waals surface area contributed by atoms with E-state index in [9.17, 15) is 4.79 Å². The molecule has 0 saturated carbocycles. The summed E-state index contributed by atoms with van der Waals surface area (Å²) in [7, 11) is 3.31. The van der Waals surface area contributed by atoms with E-state index in [4.69, 9.17) is 14.0 Å². The van der Waals surface area contributed by atoms with E-state index in [1.54, 1.807) is 19.1 Å². The highest BCUT2D eigenvalue weighted by Crippen LogP contribution is 2.21. The molecule has 7 heteroatoms. The Labute approximate surface area is 176 Å². The van der Waals surface area contributed by atoms with Gasteiger partial charge in [0, 0.05) is 12.6 Å². The van der Waals surface area contributed by atoms with Gasteiger partial charge in [0.1, 0.15) is 11.5 Å². The Morgan fingerprint density at radius 2 is 1.77 bits per heavy atom. The number of nitrogens with zero attached hydrogens (tertiary/aromatic N) is 3. The van der Waals surface area contributed by atoms with Crippen molar-refractivity contribution in [3.05, 3.63) is 59.5 Å². The first-order chi connectivity index (χ1) is 14.4. The number of methoxy groups -OCH3 is 1. The van der Waals surface area contributed by atoms with E-state index in [1.165, 1.54) is 0 Å². The SMILES string of the molecule is CC[C@@H](Oc1cc(C)cc(C)c1)C(=O)N(C)Cc1nc(-c2ccc(OC)cc2)no1. The Kier molecular flexibility index (Phi) is 6.72. The summed E-state index contributed by atoms with van der Waals surface area (Å²) in [6.45, 7) is 6.14. The third kappa shape index (κ3) is 5.17. The number of rotatable bonds is 8. The van der Waals surface area contributed by atoms with Crippen LogP contribution in [-0.2, 0) is 11.3 Å². The monoisotopic (exact) mass is 409 g/mol. The minimum atomic E-state index is -0.583. The fourth-order valence-electron chi connectivity index (χ4n) is 3.18. The fraction of sp³-hybridized carbons (Fsp3) is 0.348. The molecular formula is C23H27N3O4. The third-order valence-electron chi connectivity index (χ3n) is 4.68. The first kappa shape index (κ1) is 21.4. The molecule has 0 aliphatic heterocycles. The summed E-state index contributed by atoms with van der Waals surface area (Å²) in [6.07, 6.45) is -0.0305. The minimum Gasteiger partial charge on any atom is -0.497 e. The number of ether oxygens (including phenoxy) is 2. The molecule has 0 saturated heterocycles. The third-order valence-corrected chi connectivity index (χ3v) is 4.68. The van der Waals surface area contributed by atoms with Crippen molar-refractivity contribution in [2.24, 2.45) is 0 Å². The Morgan fingerprint density at radius 1 is 1.10 bits per heavy atom. The predicted molar refractivity (Wildman–Crippen MR) is 113 cm³/mol. The molecule has 1 aromatic heterocycles. The molecule has 2 aromatic carbocycles. The van der Waals surface area contributed by atoms with Crippen molar-refractivity contribution in [2.45, 2.75) is 39.8 Å². The normalized spacial score (nSPS) is 11.8. The predicted octanol–water partition coefficient (Wildman–Crippen LogP) is 4.18. The molecule has 158 valence electrons. The van der Waals surface area contributed by atoms with Crippen LogP contribution in [0.15, 0.2) is 47.0 Å². The lowest BCUT2D eigenvalue weighted by molar-refractivity contribution is -0.138. The number of hydrogen-bond acceptors (Lipinski definition) is 6. The van der Waals surface area contributed by atoms with Gasteiger partial charge in [0.25, 0.3) is 5.91 Å². The fourth-order valence-corrected chi connectivity index (χ4v) is 3.18. The van der Waals surface area contributed by atoms with Gasteiger partial charge in [-0.15, -0.1) is 0 Å². The maximum atomic E-state index is 12.9. The van der Waals surface area contributed by atoms with Crippen molar-refractivity contribution in [1.29, 1.82) is 0 Å². The largest absolute Gasteiger partial charge is 0.497 e. The van der Waals surface area contributed by atoms with Crippen LogP contribution in [0.1, 0.15) is 30.4 Å². The van der Waals surface area contributed by atoms with Crippen LogP contribution in [0, 0.1) is 13.8 Å². The van der Waals surface area contributed by atoms with E-state index in [0.29, 0.717) is 23.9 Å². The molecule has 0 N–H and O–H groups in total. The van der Waals surface area contributed by atoms with E-state index >= 15 is 0 Å². The van der Waals surface area contributed by atoms with E-state index in [0.717, 1.165) is 22.4 Å². The number of amides is 1. The number of carbonyl (C=O) groups is 1. The molecule has 0 bridgehead atoms. The standard InChI is InChI=1S/C23H27N3O4/c1-6-20(29-19-12-15(2)11-16(3)13-19)23(27)26(4)14-21-24-22(25-30-21)17-7-9-18(28-5)10-8-17/h7-13,20H,6,14H2,1-5H3/t20-/m1/s1. The van der Waals surface area contributed by atoms with Crippen LogP contribution in [-0.4, -0.2) is 41.2 Å². The highest BCUT2D eigenvalue weighted by atomic mass is 16.5. The Balaban J connectivity index is 1.66. The maximum absolute atomic E-state index is 12.9. The molecule has 1 amide bonds. The lowest BCUT2D eigenvalue weighted by Gasteiger charge is -2.23. The van der Waals surface area contributed by atoms with Crippen LogP contribution in [0.25, 0.3) is 11.4 Å². The highest BCUT2D eigenvalue weighted by Gasteiger charge is 2.24. The zero-order chi connectivity index (χ0) is 21.7. The van der Waals surface area contributed by atoms with Crippen molar-refractivity contribution in [2.75, 3.05) is 14.2 Å². The van der Waals surface area contributed by atoms with E-state index in [-0.39, 0.29) is 12.5 Å². The summed E-state index contributed by atoms with van der Waals surface area (Å²) in [5.41, 5.74) is 3.00. The molecular weight excluding hydrogens is 382 g/mol. The summed E-state index contributed by atoms with van der Waals surface area (Å²) in [4.78, 5) is 18.8. The molecule has 0 aliphatic rings. The lowest BCUT2D eigenvalue weighted by Crippen LogP contribution is -2.39. The molecule has 3 aromatic rings. The molecule has 0 unspecified atom stereocenters. The van der Waals surface area contributed by atoms with Crippen molar-refractivity contribution >= 4 is 5.91 Å². The topological polar surface area (TPSA) is 77.7 Å². The van der Waals surface area contributed by atoms with Gasteiger partial charge in [-0.1, -0.05) is 18.1 Å². The molecule has 0 radical (unpaired) electrons. The molecule has 30 heavy (non-hydrogen) atoms. The van der Waals surface area contributed by atoms with Crippen LogP contribution in [0.3, 0.4) is 0 Å². The van der Waals surface area contributed by atoms with E-state index in [2.05, 4.69) is 16.2 Å². The van der Waals surface area contributed by atoms with Crippen LogP contribution in [0.2, 0.25) is 0 Å². The van der Waals surface area contributed by atoms with Crippen molar-refractivity contribution < 1.29 is 18.8 Å². The van der Waals surface area contributed by atoms with Crippen molar-refractivity contribution in [3.63, 3.8) is 0 Å². The summed E-state index contributed by atoms with van der Waals surface area (Å²) in [5, 5.41) is 4.01. The van der Waals surface area contributed by atoms with Gasteiger partial charge < -0.3 is 18.9 Å². The minimum absolute atomic E-state index is 0.138. The molecule has 7 nitrogen and oxygen atoms in total. The van der Waals surface area contributed by atoms with Gasteiger partial charge in [0.2, 0.25) is 11.7 Å². The zero-order valence-corrected chi connectivity index (χ0v) is 18.0. The van der Waals surface area contributed by atoms with Gasteiger partial charge in [0.15, 0.2) is 6.10 Å². The number of likely N-dealkylation sites (N-methyl/N-ethyl adjacent to an activating group) is 1. The average molecular weight is 409 g/mol. The second-order valence-electron chi connectivity index (χ2n) is 7.27. The summed E-state index contributed by atoms with van der Waals surface area (Å²) >= 11 is 0. The smallest absolute Gasteiger partial charge is 0.263 e. The summed E-state index contributed by atoms with van der Waals surface area (Å²) in [6, 6.07) is 13.3. The lowest BCUT2D eigenvalue weighted by atomic mass is 10.1. The quantitative estimate of drug-likeness (QED) is 0.555. The van der Waals surface area contributed by atoms with E-state index in [1.807, 2.05) is 57.2 Å². The van der Waals surface area contributed by atoms with E-state index < -0.39 is 6.10 Å². The summed E-state index contributed by atoms with van der Waals surface area (Å²) in [5.74, 6) is 2.13. The van der Waals surface area contributed by atoms with Gasteiger partial charge in [-0.3, -0.25) is 4.79 Å². The molecule has 1 atom stereocenters. The van der Waals surface area contributed by atoms with Crippen LogP contribution < -0.4 is 9.47 Å². The molecule has 0 aliphatic carbocycles. The van der Waals surface area contributed by atoms with Gasteiger partial charge >= 0.3 is 0 Å². The van der Waals surface area contributed by atoms with Crippen LogP contribution in [0.4, 0.5) is 0 Å². The number of aromatic nitrogens is 2. The average Bonchev–Trinajstić information content (AvgIpc) is 3.19. The number of carbonyl (C=O) groups excluding carboxylic acids is 1. The Morgan fingerprint density at radius 3 is 2.37 bits per heavy atom. The molecule has 0 fully saturated rings. The number of benzene rings is 2. The first-order valence-electron chi connectivity index (χ1n) is 9.86. The van der Waals surface area contributed by atoms with Gasteiger partial charge in [-0.05, 0) is 67.8 Å². The number of hydrogen-bond donors (Lipinski definition) is 0. The zero-order valence-electron chi connectivity index (χ0n) is 18.0. The van der Waals surface area contributed by atoms with Gasteiger partial charge in [-0.2, -0.15) is 4.98 Å². The van der Waals surface area contributed by atoms with Crippen molar-refractivity contribution in [3.8, 4) is 22.9 Å². The Hall–Kier alpha value is -3.35. The van der Waals surface area contributed by atoms with Gasteiger partial charge in [-0.25, -0.2) is 0 Å². The maximum Gasteiger partial charge on any atom is 0.263 e.